The third-order valence-corrected chi connectivity index (χ3v) is 2.57. The van der Waals surface area contributed by atoms with Crippen LogP contribution in [-0.4, -0.2) is 11.5 Å². The average Bonchev–Trinajstić information content (AvgIpc) is 2.16. The van der Waals surface area contributed by atoms with Gasteiger partial charge in [-0.3, -0.25) is 4.98 Å². The number of rotatable bonds is 3. The molecule has 0 fully saturated rings. The van der Waals surface area contributed by atoms with Gasteiger partial charge in [0.1, 0.15) is 0 Å². The second-order valence-corrected chi connectivity index (χ2v) is 3.97. The van der Waals surface area contributed by atoms with Gasteiger partial charge < -0.3 is 5.73 Å². The standard InChI is InChI=1S/C11H17FN2/c1-8(2)11(12,7-13)10-4-9(3)5-14-6-10/h4-6,8H,7,13H2,1-3H3. The summed E-state index contributed by atoms with van der Waals surface area (Å²) >= 11 is 0. The van der Waals surface area contributed by atoms with E-state index in [1.165, 1.54) is 0 Å². The Morgan fingerprint density at radius 1 is 1.50 bits per heavy atom. The van der Waals surface area contributed by atoms with E-state index in [9.17, 15) is 4.39 Å². The summed E-state index contributed by atoms with van der Waals surface area (Å²) in [4.78, 5) is 3.99. The van der Waals surface area contributed by atoms with Gasteiger partial charge >= 0.3 is 0 Å². The van der Waals surface area contributed by atoms with Crippen LogP contribution in [0.1, 0.15) is 25.0 Å². The van der Waals surface area contributed by atoms with Gasteiger partial charge in [0.2, 0.25) is 0 Å². The molecule has 0 aromatic carbocycles. The molecule has 0 saturated heterocycles. The Bertz CT molecular complexity index is 312. The summed E-state index contributed by atoms with van der Waals surface area (Å²) in [6.07, 6.45) is 3.26. The van der Waals surface area contributed by atoms with Crippen molar-refractivity contribution in [2.75, 3.05) is 6.54 Å². The van der Waals surface area contributed by atoms with Crippen LogP contribution >= 0.6 is 0 Å². The summed E-state index contributed by atoms with van der Waals surface area (Å²) in [5.74, 6) is -0.143. The molecule has 0 aliphatic carbocycles. The minimum Gasteiger partial charge on any atom is -0.327 e. The summed E-state index contributed by atoms with van der Waals surface area (Å²) < 4.78 is 14.4. The molecule has 2 N–H and O–H groups in total. The third kappa shape index (κ3) is 1.93. The Hall–Kier alpha value is -0.960. The molecule has 1 rings (SSSR count). The Balaban J connectivity index is 3.12. The first-order valence-electron chi connectivity index (χ1n) is 4.82. The van der Waals surface area contributed by atoms with Crippen molar-refractivity contribution in [3.8, 4) is 0 Å². The number of halogens is 1. The van der Waals surface area contributed by atoms with E-state index in [0.29, 0.717) is 5.56 Å². The topological polar surface area (TPSA) is 38.9 Å². The summed E-state index contributed by atoms with van der Waals surface area (Å²) in [6, 6.07) is 1.81. The van der Waals surface area contributed by atoms with Crippen LogP contribution in [0.3, 0.4) is 0 Å². The zero-order valence-corrected chi connectivity index (χ0v) is 8.92. The normalized spacial score (nSPS) is 15.6. The largest absolute Gasteiger partial charge is 0.327 e. The van der Waals surface area contributed by atoms with Gasteiger partial charge in [-0.15, -0.1) is 0 Å². The van der Waals surface area contributed by atoms with Crippen LogP contribution in [0.2, 0.25) is 0 Å². The van der Waals surface area contributed by atoms with Crippen LogP contribution in [0.15, 0.2) is 18.5 Å². The van der Waals surface area contributed by atoms with E-state index >= 15 is 0 Å². The fourth-order valence-electron chi connectivity index (χ4n) is 1.47. The lowest BCUT2D eigenvalue weighted by Gasteiger charge is -2.28. The molecule has 1 aromatic rings. The first-order valence-corrected chi connectivity index (χ1v) is 4.82. The predicted octanol–water partition coefficient (Wildman–Crippen LogP) is 2.17. The van der Waals surface area contributed by atoms with Crippen LogP contribution in [0, 0.1) is 12.8 Å². The molecule has 3 heteroatoms. The molecular weight excluding hydrogens is 179 g/mol. The zero-order valence-electron chi connectivity index (χ0n) is 8.92. The summed E-state index contributed by atoms with van der Waals surface area (Å²) in [5, 5.41) is 0. The van der Waals surface area contributed by atoms with Crippen molar-refractivity contribution in [1.82, 2.24) is 4.98 Å². The first-order chi connectivity index (χ1) is 6.50. The van der Waals surface area contributed by atoms with Gasteiger partial charge in [0.25, 0.3) is 0 Å². The Labute approximate surface area is 84.3 Å². The van der Waals surface area contributed by atoms with Crippen LogP contribution in [0.5, 0.6) is 0 Å². The highest BCUT2D eigenvalue weighted by Gasteiger charge is 2.34. The van der Waals surface area contributed by atoms with Gasteiger partial charge in [-0.05, 0) is 24.5 Å². The van der Waals surface area contributed by atoms with Crippen molar-refractivity contribution in [3.05, 3.63) is 29.6 Å². The molecule has 0 aliphatic heterocycles. The molecule has 0 bridgehead atoms. The number of aromatic nitrogens is 1. The summed E-state index contributed by atoms with van der Waals surface area (Å²) in [6.45, 7) is 5.55. The Kier molecular flexibility index (Phi) is 3.21. The number of pyridine rings is 1. The van der Waals surface area contributed by atoms with Gasteiger partial charge in [0.05, 0.1) is 0 Å². The number of hydrogen-bond acceptors (Lipinski definition) is 2. The number of nitrogens with zero attached hydrogens (tertiary/aromatic N) is 1. The van der Waals surface area contributed by atoms with E-state index in [1.54, 1.807) is 18.5 Å². The monoisotopic (exact) mass is 196 g/mol. The van der Waals surface area contributed by atoms with Crippen LogP contribution in [0.25, 0.3) is 0 Å². The number of nitrogens with two attached hydrogens (primary N) is 1. The van der Waals surface area contributed by atoms with E-state index in [1.807, 2.05) is 20.8 Å². The van der Waals surface area contributed by atoms with Gasteiger partial charge in [-0.1, -0.05) is 13.8 Å². The molecule has 1 heterocycles. The molecule has 0 aliphatic rings. The number of aryl methyl sites for hydroxylation is 1. The van der Waals surface area contributed by atoms with Crippen molar-refractivity contribution >= 4 is 0 Å². The van der Waals surface area contributed by atoms with Gasteiger partial charge in [0.15, 0.2) is 5.67 Å². The van der Waals surface area contributed by atoms with Crippen molar-refractivity contribution < 1.29 is 4.39 Å². The van der Waals surface area contributed by atoms with Crippen LogP contribution in [-0.2, 0) is 5.67 Å². The molecule has 0 radical (unpaired) electrons. The van der Waals surface area contributed by atoms with Gasteiger partial charge in [0, 0.05) is 24.5 Å². The molecule has 14 heavy (non-hydrogen) atoms. The zero-order chi connectivity index (χ0) is 10.8. The minimum atomic E-state index is -1.46. The lowest BCUT2D eigenvalue weighted by Crippen LogP contribution is -2.35. The third-order valence-electron chi connectivity index (χ3n) is 2.57. The highest BCUT2D eigenvalue weighted by molar-refractivity contribution is 5.24. The minimum absolute atomic E-state index is 0.00417. The van der Waals surface area contributed by atoms with E-state index in [4.69, 9.17) is 5.73 Å². The summed E-state index contributed by atoms with van der Waals surface area (Å²) in [5.41, 5.74) is 5.56. The van der Waals surface area contributed by atoms with Crippen molar-refractivity contribution in [3.63, 3.8) is 0 Å². The number of alkyl halides is 1. The maximum absolute atomic E-state index is 14.4. The highest BCUT2D eigenvalue weighted by Crippen LogP contribution is 2.32. The first kappa shape index (κ1) is 11.1. The lowest BCUT2D eigenvalue weighted by molar-refractivity contribution is 0.109. The van der Waals surface area contributed by atoms with E-state index in [2.05, 4.69) is 4.98 Å². The molecule has 1 aromatic heterocycles. The molecule has 78 valence electrons. The molecule has 1 atom stereocenters. The maximum atomic E-state index is 14.4. The molecule has 0 amide bonds. The lowest BCUT2D eigenvalue weighted by atomic mass is 9.86. The second-order valence-electron chi connectivity index (χ2n) is 3.97. The van der Waals surface area contributed by atoms with E-state index < -0.39 is 5.67 Å². The Morgan fingerprint density at radius 2 is 2.14 bits per heavy atom. The maximum Gasteiger partial charge on any atom is 0.151 e. The van der Waals surface area contributed by atoms with Crippen LogP contribution < -0.4 is 5.73 Å². The van der Waals surface area contributed by atoms with Gasteiger partial charge in [-0.2, -0.15) is 0 Å². The van der Waals surface area contributed by atoms with Crippen LogP contribution in [0.4, 0.5) is 4.39 Å². The van der Waals surface area contributed by atoms with E-state index in [-0.39, 0.29) is 12.5 Å². The molecule has 2 nitrogen and oxygen atoms in total. The predicted molar refractivity (Wildman–Crippen MR) is 55.7 cm³/mol. The fourth-order valence-corrected chi connectivity index (χ4v) is 1.47. The molecule has 1 unspecified atom stereocenters. The van der Waals surface area contributed by atoms with E-state index in [0.717, 1.165) is 5.56 Å². The van der Waals surface area contributed by atoms with Crippen molar-refractivity contribution in [2.45, 2.75) is 26.4 Å². The molecular formula is C11H17FN2. The Morgan fingerprint density at radius 3 is 2.57 bits per heavy atom. The smallest absolute Gasteiger partial charge is 0.151 e. The highest BCUT2D eigenvalue weighted by atomic mass is 19.1. The molecule has 0 spiro atoms. The van der Waals surface area contributed by atoms with Crippen molar-refractivity contribution in [2.24, 2.45) is 11.7 Å². The summed E-state index contributed by atoms with van der Waals surface area (Å²) in [7, 11) is 0. The number of hydrogen-bond donors (Lipinski definition) is 1. The average molecular weight is 196 g/mol. The SMILES string of the molecule is Cc1cncc(C(F)(CN)C(C)C)c1. The van der Waals surface area contributed by atoms with Crippen molar-refractivity contribution in [1.29, 1.82) is 0 Å². The van der Waals surface area contributed by atoms with Gasteiger partial charge in [-0.25, -0.2) is 4.39 Å². The molecule has 0 saturated carbocycles. The fraction of sp³-hybridized carbons (Fsp3) is 0.545. The second kappa shape index (κ2) is 4.05. The quantitative estimate of drug-likeness (QED) is 0.804.